The molecule has 14 nitrogen and oxygen atoms in total. The molecule has 0 bridgehead atoms. The number of amides is 2. The molecule has 0 aliphatic carbocycles. The normalized spacial score (nSPS) is 17.6. The Morgan fingerprint density at radius 2 is 1.48 bits per heavy atom. The van der Waals surface area contributed by atoms with Crippen molar-refractivity contribution < 1.29 is 84.0 Å². The first-order chi connectivity index (χ1) is 29.8. The SMILES string of the molecule is CC1(C)C(/C=C/C=C/C=C2/N(CCCCS(=O)(=O)[O-])c3ccc(OCCCCCC(=O)ON4C(=O)CCC4=O)cc3C2(C)C)=[N+](CCCCS(=O)(=O)[O-])c2ccc3ccccc3c21.[Na+]. The molecule has 3 aromatic rings. The van der Waals surface area contributed by atoms with E-state index in [0.29, 0.717) is 62.6 Å². The summed E-state index contributed by atoms with van der Waals surface area (Å²) in [6.45, 7) is 10.0. The van der Waals surface area contributed by atoms with Crippen molar-refractivity contribution in [3.05, 3.63) is 102 Å². The van der Waals surface area contributed by atoms with Gasteiger partial charge in [-0.25, -0.2) is 21.6 Å². The summed E-state index contributed by atoms with van der Waals surface area (Å²) >= 11 is 0. The van der Waals surface area contributed by atoms with Crippen molar-refractivity contribution >= 4 is 65.9 Å². The number of hydrogen-bond donors (Lipinski definition) is 0. The molecule has 3 aromatic carbocycles. The van der Waals surface area contributed by atoms with Crippen molar-refractivity contribution in [2.75, 3.05) is 36.1 Å². The van der Waals surface area contributed by atoms with Crippen LogP contribution in [0.2, 0.25) is 0 Å². The first-order valence-electron chi connectivity index (χ1n) is 21.5. The van der Waals surface area contributed by atoms with Crippen LogP contribution in [-0.2, 0) is 50.3 Å². The van der Waals surface area contributed by atoms with E-state index in [2.05, 4.69) is 67.5 Å². The van der Waals surface area contributed by atoms with Crippen LogP contribution in [-0.4, -0.2) is 90.3 Å². The third-order valence-corrected chi connectivity index (χ3v) is 13.5. The number of carbonyl (C=O) groups excluding carboxylic acids is 3. The molecule has 0 N–H and O–H groups in total. The molecule has 0 saturated carbocycles. The Morgan fingerprint density at radius 1 is 0.797 bits per heavy atom. The van der Waals surface area contributed by atoms with Gasteiger partial charge in [-0.05, 0) is 99.0 Å². The zero-order valence-corrected chi connectivity index (χ0v) is 41.0. The van der Waals surface area contributed by atoms with Gasteiger partial charge in [0.25, 0.3) is 11.8 Å². The molecule has 6 rings (SSSR count). The molecule has 0 radical (unpaired) electrons. The number of anilines is 1. The Morgan fingerprint density at radius 3 is 2.19 bits per heavy atom. The molecular formula is C47H56N3NaO11S2. The summed E-state index contributed by atoms with van der Waals surface area (Å²) in [5, 5.41) is 2.83. The van der Waals surface area contributed by atoms with Crippen LogP contribution in [0.25, 0.3) is 10.8 Å². The van der Waals surface area contributed by atoms with Crippen molar-refractivity contribution in [2.24, 2.45) is 0 Å². The second-order valence-corrected chi connectivity index (χ2v) is 20.3. The average Bonchev–Trinajstić information content (AvgIpc) is 3.73. The fourth-order valence-electron chi connectivity index (χ4n) is 8.76. The number of imide groups is 1. The van der Waals surface area contributed by atoms with Gasteiger partial charge in [-0.1, -0.05) is 56.3 Å². The fraction of sp³-hybridized carbons (Fsp3) is 0.447. The maximum Gasteiger partial charge on any atom is 1.00 e. The van der Waals surface area contributed by atoms with Gasteiger partial charge in [0.2, 0.25) is 5.69 Å². The first-order valence-corrected chi connectivity index (χ1v) is 24.6. The smallest absolute Gasteiger partial charge is 0.748 e. The monoisotopic (exact) mass is 925 g/mol. The van der Waals surface area contributed by atoms with E-state index in [-0.39, 0.29) is 67.1 Å². The Kier molecular flexibility index (Phi) is 17.0. The predicted octanol–water partition coefficient (Wildman–Crippen LogP) is 4.21. The van der Waals surface area contributed by atoms with E-state index in [1.807, 2.05) is 54.6 Å². The van der Waals surface area contributed by atoms with Crippen LogP contribution in [0.1, 0.15) is 103 Å². The number of hydrogen-bond acceptors (Lipinski definition) is 12. The quantitative estimate of drug-likeness (QED) is 0.0370. The summed E-state index contributed by atoms with van der Waals surface area (Å²) < 4.78 is 76.5. The molecule has 0 aromatic heterocycles. The summed E-state index contributed by atoms with van der Waals surface area (Å²) in [4.78, 5) is 42.6. The topological polar surface area (TPSA) is 194 Å². The van der Waals surface area contributed by atoms with Crippen molar-refractivity contribution in [1.29, 1.82) is 0 Å². The van der Waals surface area contributed by atoms with Gasteiger partial charge in [0.15, 0.2) is 5.71 Å². The van der Waals surface area contributed by atoms with Crippen LogP contribution in [0.5, 0.6) is 5.75 Å². The number of carbonyl (C=O) groups is 3. The molecule has 0 unspecified atom stereocenters. The van der Waals surface area contributed by atoms with Crippen LogP contribution < -0.4 is 39.2 Å². The van der Waals surface area contributed by atoms with Gasteiger partial charge >= 0.3 is 35.5 Å². The van der Waals surface area contributed by atoms with E-state index in [9.17, 15) is 40.3 Å². The van der Waals surface area contributed by atoms with E-state index < -0.39 is 54.9 Å². The zero-order chi connectivity index (χ0) is 45.6. The van der Waals surface area contributed by atoms with Gasteiger partial charge in [-0.15, -0.1) is 5.06 Å². The summed E-state index contributed by atoms with van der Waals surface area (Å²) in [5.41, 5.74) is 5.37. The summed E-state index contributed by atoms with van der Waals surface area (Å²) in [5.74, 6) is -1.81. The van der Waals surface area contributed by atoms with Crippen molar-refractivity contribution in [1.82, 2.24) is 5.06 Å². The van der Waals surface area contributed by atoms with Gasteiger partial charge < -0.3 is 23.6 Å². The average molecular weight is 926 g/mol. The molecule has 64 heavy (non-hydrogen) atoms. The van der Waals surface area contributed by atoms with E-state index in [0.717, 1.165) is 39.1 Å². The summed E-state index contributed by atoms with van der Waals surface area (Å²) in [6.07, 6.45) is 13.5. The van der Waals surface area contributed by atoms with E-state index >= 15 is 0 Å². The van der Waals surface area contributed by atoms with Gasteiger partial charge in [0.1, 0.15) is 12.3 Å². The number of benzene rings is 3. The van der Waals surface area contributed by atoms with E-state index in [4.69, 9.17) is 9.57 Å². The Bertz CT molecular complexity index is 2580. The number of rotatable bonds is 21. The molecule has 1 saturated heterocycles. The largest absolute Gasteiger partial charge is 1.00 e. The van der Waals surface area contributed by atoms with Crippen molar-refractivity contribution in [3.63, 3.8) is 0 Å². The van der Waals surface area contributed by atoms with Gasteiger partial charge in [-0.2, -0.15) is 4.58 Å². The Balaban J connectivity index is 0.00000771. The molecule has 0 atom stereocenters. The van der Waals surface area contributed by atoms with E-state index in [1.54, 1.807) is 0 Å². The minimum absolute atomic E-state index is 0. The van der Waals surface area contributed by atoms with Gasteiger partial charge in [0, 0.05) is 78.2 Å². The van der Waals surface area contributed by atoms with E-state index in [1.165, 1.54) is 5.56 Å². The standard InChI is InChI=1S/C47H57N3O11S2.Na/c1-46(2)37-33-35(60-30-14-6-9-21-44(53)61-50-42(51)26-27-43(50)52)23-25-38(37)48(28-12-15-31-62(54,55)56)40(46)19-7-5-8-20-41-47(3,4)45-36-18-11-10-17-34(36)22-24-39(45)49(41)29-13-16-32-63(57,58)59;/h5,7-8,10-11,17-20,22-25,33H,6,9,12-16,21,26-32H2,1-4H3,(H-,54,55,56,57,58,59);/q;+1/p-1. The third-order valence-electron chi connectivity index (χ3n) is 11.9. The predicted molar refractivity (Wildman–Crippen MR) is 239 cm³/mol. The molecule has 3 heterocycles. The van der Waals surface area contributed by atoms with Crippen LogP contribution in [0, 0.1) is 0 Å². The third kappa shape index (κ3) is 12.4. The summed E-state index contributed by atoms with van der Waals surface area (Å²) in [6, 6.07) is 18.3. The molecule has 338 valence electrons. The minimum Gasteiger partial charge on any atom is -0.748 e. The molecule has 1 fully saturated rings. The number of nitrogens with zero attached hydrogens (tertiary/aromatic N) is 3. The van der Waals surface area contributed by atoms with Gasteiger partial charge in [-0.3, -0.25) is 9.59 Å². The zero-order valence-electron chi connectivity index (χ0n) is 37.3. The Labute approximate surface area is 398 Å². The number of fused-ring (bicyclic) bond motifs is 4. The number of ether oxygens (including phenoxy) is 1. The van der Waals surface area contributed by atoms with Gasteiger partial charge in [0.05, 0.1) is 32.3 Å². The van der Waals surface area contributed by atoms with Crippen LogP contribution in [0.15, 0.2) is 90.7 Å². The molecule has 2 amide bonds. The molecule has 3 aliphatic rings. The first kappa shape index (κ1) is 50.8. The molecular weight excluding hydrogens is 870 g/mol. The Hall–Kier alpha value is -4.16. The number of unbranched alkanes of at least 4 members (excludes halogenated alkanes) is 4. The number of hydroxylamine groups is 2. The summed E-state index contributed by atoms with van der Waals surface area (Å²) in [7, 11) is -8.65. The maximum atomic E-state index is 12.1. The number of allylic oxidation sites excluding steroid dienone is 6. The van der Waals surface area contributed by atoms with Crippen molar-refractivity contribution in [3.8, 4) is 5.75 Å². The molecule has 0 spiro atoms. The maximum absolute atomic E-state index is 12.1. The minimum atomic E-state index is -4.34. The van der Waals surface area contributed by atoms with Crippen LogP contribution in [0.4, 0.5) is 11.4 Å². The second kappa shape index (κ2) is 21.4. The molecule has 3 aliphatic heterocycles. The van der Waals surface area contributed by atoms with Crippen LogP contribution >= 0.6 is 0 Å². The molecule has 17 heteroatoms. The second-order valence-electron chi connectivity index (χ2n) is 17.2. The fourth-order valence-corrected chi connectivity index (χ4v) is 9.88. The van der Waals surface area contributed by atoms with Crippen LogP contribution in [0.3, 0.4) is 0 Å². The van der Waals surface area contributed by atoms with Crippen molar-refractivity contribution in [2.45, 2.75) is 103 Å².